The van der Waals surface area contributed by atoms with Crippen LogP contribution in [0.1, 0.15) is 52.0 Å². The Morgan fingerprint density at radius 3 is 2.56 bits per heavy atom. The van der Waals surface area contributed by atoms with Gasteiger partial charge in [0.05, 0.1) is 11.6 Å². The van der Waals surface area contributed by atoms with Gasteiger partial charge in [-0.1, -0.05) is 30.3 Å². The second-order valence-electron chi connectivity index (χ2n) is 11.3. The predicted molar refractivity (Wildman–Crippen MR) is 154 cm³/mol. The molecule has 1 N–H and O–H groups in total. The van der Waals surface area contributed by atoms with Crippen molar-refractivity contribution in [2.45, 2.75) is 77.1 Å². The molecule has 218 valence electrons. The third kappa shape index (κ3) is 7.55. The molecule has 3 aromatic rings. The van der Waals surface area contributed by atoms with E-state index in [2.05, 4.69) is 11.4 Å². The highest BCUT2D eigenvalue weighted by Gasteiger charge is 2.35. The minimum Gasteiger partial charge on any atom is -0.444 e. The Morgan fingerprint density at radius 2 is 1.88 bits per heavy atom. The maximum Gasteiger partial charge on any atom is 0.419 e. The standard InChI is InChI=1S/C31H38N4O6/c1-31(2,3)41-30(38)34-15-6-5-8-25(34)28(36)33-24(20-32)18-21-9-11-22(12-10-21)23-13-14-27-26(19-23)35(29(37)40-27)16-7-17-39-4/h9-14,19,24-25H,5-8,15-18H2,1-4H3,(H,33,36)/t24-,25-/m0/s1. The molecule has 1 aromatic heterocycles. The van der Waals surface area contributed by atoms with Crippen LogP contribution in [0.5, 0.6) is 0 Å². The Hall–Kier alpha value is -4.10. The number of ether oxygens (including phenoxy) is 2. The Labute approximate surface area is 239 Å². The normalized spacial score (nSPS) is 16.3. The highest BCUT2D eigenvalue weighted by Crippen LogP contribution is 2.25. The van der Waals surface area contributed by atoms with Gasteiger partial charge < -0.3 is 19.2 Å². The van der Waals surface area contributed by atoms with Gasteiger partial charge in [-0.3, -0.25) is 14.3 Å². The van der Waals surface area contributed by atoms with Gasteiger partial charge in [0.1, 0.15) is 17.7 Å². The second kappa shape index (κ2) is 13.0. The number of carbonyl (C=O) groups excluding carboxylic acids is 2. The van der Waals surface area contributed by atoms with Crippen LogP contribution in [0.25, 0.3) is 22.2 Å². The highest BCUT2D eigenvalue weighted by molar-refractivity contribution is 5.86. The van der Waals surface area contributed by atoms with E-state index in [1.807, 2.05) is 36.4 Å². The quantitative estimate of drug-likeness (QED) is 0.377. The molecule has 10 heteroatoms. The SMILES string of the molecule is COCCCn1c(=O)oc2ccc(-c3ccc(C[C@@H](C#N)NC(=O)[C@@H]4CCCCN4C(=O)OC(C)(C)C)cc3)cc21. The van der Waals surface area contributed by atoms with Gasteiger partial charge in [0.25, 0.3) is 0 Å². The number of aryl methyl sites for hydroxylation is 1. The van der Waals surface area contributed by atoms with Crippen molar-refractivity contribution >= 4 is 23.1 Å². The first-order valence-corrected chi connectivity index (χ1v) is 14.0. The summed E-state index contributed by atoms with van der Waals surface area (Å²) in [6.45, 7) is 6.87. The van der Waals surface area contributed by atoms with Crippen LogP contribution in [0.4, 0.5) is 4.79 Å². The van der Waals surface area contributed by atoms with E-state index in [0.29, 0.717) is 44.5 Å². The minimum absolute atomic E-state index is 0.321. The third-order valence-electron chi connectivity index (χ3n) is 7.03. The lowest BCUT2D eigenvalue weighted by atomic mass is 9.99. The first-order chi connectivity index (χ1) is 19.6. The fourth-order valence-corrected chi connectivity index (χ4v) is 5.03. The van der Waals surface area contributed by atoms with Crippen molar-refractivity contribution in [1.29, 1.82) is 5.26 Å². The number of amides is 2. The number of nitriles is 1. The van der Waals surface area contributed by atoms with Crippen LogP contribution in [-0.4, -0.2) is 59.4 Å². The summed E-state index contributed by atoms with van der Waals surface area (Å²) in [6, 6.07) is 14.1. The smallest absolute Gasteiger partial charge is 0.419 e. The van der Waals surface area contributed by atoms with Gasteiger partial charge >= 0.3 is 11.8 Å². The maximum absolute atomic E-state index is 13.1. The van der Waals surface area contributed by atoms with Crippen LogP contribution in [0, 0.1) is 11.3 Å². The number of methoxy groups -OCH3 is 1. The van der Waals surface area contributed by atoms with Crippen molar-refractivity contribution in [3.63, 3.8) is 0 Å². The number of carbonyl (C=O) groups is 2. The molecule has 0 unspecified atom stereocenters. The van der Waals surface area contributed by atoms with Gasteiger partial charge in [-0.25, -0.2) is 9.59 Å². The molecule has 0 aliphatic carbocycles. The molecule has 0 radical (unpaired) electrons. The van der Waals surface area contributed by atoms with E-state index < -0.39 is 29.5 Å². The lowest BCUT2D eigenvalue weighted by Gasteiger charge is -2.36. The van der Waals surface area contributed by atoms with Crippen LogP contribution in [-0.2, 0) is 27.2 Å². The van der Waals surface area contributed by atoms with Crippen LogP contribution in [0.2, 0.25) is 0 Å². The molecule has 0 spiro atoms. The van der Waals surface area contributed by atoms with Gasteiger partial charge in [0.2, 0.25) is 5.91 Å². The Bertz CT molecular complexity index is 1460. The fourth-order valence-electron chi connectivity index (χ4n) is 5.03. The number of nitrogens with one attached hydrogen (secondary N) is 1. The van der Waals surface area contributed by atoms with E-state index in [-0.39, 0.29) is 5.91 Å². The lowest BCUT2D eigenvalue weighted by Crippen LogP contribution is -2.54. The van der Waals surface area contributed by atoms with Crippen molar-refractivity contribution in [1.82, 2.24) is 14.8 Å². The Balaban J connectivity index is 1.43. The van der Waals surface area contributed by atoms with Crippen LogP contribution < -0.4 is 11.1 Å². The summed E-state index contributed by atoms with van der Waals surface area (Å²) in [6.07, 6.45) is 2.66. The number of benzene rings is 2. The van der Waals surface area contributed by atoms with Crippen molar-refractivity contribution in [2.24, 2.45) is 0 Å². The van der Waals surface area contributed by atoms with Crippen LogP contribution in [0.15, 0.2) is 51.7 Å². The van der Waals surface area contributed by atoms with Gasteiger partial charge in [0, 0.05) is 33.2 Å². The van der Waals surface area contributed by atoms with Crippen LogP contribution >= 0.6 is 0 Å². The van der Waals surface area contributed by atoms with Crippen LogP contribution in [0.3, 0.4) is 0 Å². The molecule has 4 rings (SSSR count). The first kappa shape index (κ1) is 29.9. The van der Waals surface area contributed by atoms with Crippen molar-refractivity contribution in [3.05, 3.63) is 58.6 Å². The molecule has 10 nitrogen and oxygen atoms in total. The Morgan fingerprint density at radius 1 is 1.15 bits per heavy atom. The molecule has 2 aromatic carbocycles. The number of oxazole rings is 1. The van der Waals surface area contributed by atoms with Gasteiger partial charge in [0.15, 0.2) is 5.58 Å². The van der Waals surface area contributed by atoms with Gasteiger partial charge in [-0.2, -0.15) is 5.26 Å². The zero-order chi connectivity index (χ0) is 29.6. The zero-order valence-corrected chi connectivity index (χ0v) is 24.1. The summed E-state index contributed by atoms with van der Waals surface area (Å²) >= 11 is 0. The first-order valence-electron chi connectivity index (χ1n) is 14.0. The largest absolute Gasteiger partial charge is 0.444 e. The fraction of sp³-hybridized carbons (Fsp3) is 0.484. The average molecular weight is 563 g/mol. The van der Waals surface area contributed by atoms with E-state index in [1.165, 1.54) is 4.90 Å². The van der Waals surface area contributed by atoms with Gasteiger partial charge in [-0.15, -0.1) is 0 Å². The van der Waals surface area contributed by atoms with E-state index in [1.54, 1.807) is 38.5 Å². The molecule has 2 atom stereocenters. The predicted octanol–water partition coefficient (Wildman–Crippen LogP) is 4.64. The third-order valence-corrected chi connectivity index (χ3v) is 7.03. The van der Waals surface area contributed by atoms with E-state index >= 15 is 0 Å². The maximum atomic E-state index is 13.1. The van der Waals surface area contributed by atoms with Crippen molar-refractivity contribution in [2.75, 3.05) is 20.3 Å². The van der Waals surface area contributed by atoms with E-state index in [9.17, 15) is 19.6 Å². The molecule has 2 heterocycles. The summed E-state index contributed by atoms with van der Waals surface area (Å²) in [4.78, 5) is 39.6. The Kier molecular flexibility index (Phi) is 9.50. The molecule has 1 aliphatic heterocycles. The number of hydrogen-bond donors (Lipinski definition) is 1. The number of piperidine rings is 1. The number of fused-ring (bicyclic) bond motifs is 1. The molecule has 1 fully saturated rings. The van der Waals surface area contributed by atoms with E-state index in [0.717, 1.165) is 35.0 Å². The number of hydrogen-bond acceptors (Lipinski definition) is 7. The molecule has 2 amide bonds. The summed E-state index contributed by atoms with van der Waals surface area (Å²) in [5, 5.41) is 12.6. The minimum atomic E-state index is -0.750. The molecular formula is C31H38N4O6. The molecule has 0 saturated carbocycles. The van der Waals surface area contributed by atoms with E-state index in [4.69, 9.17) is 13.9 Å². The molecule has 1 aliphatic rings. The molecule has 41 heavy (non-hydrogen) atoms. The summed E-state index contributed by atoms with van der Waals surface area (Å²) < 4.78 is 17.6. The number of rotatable bonds is 9. The highest BCUT2D eigenvalue weighted by atomic mass is 16.6. The molecular weight excluding hydrogens is 524 g/mol. The number of aromatic nitrogens is 1. The number of nitrogens with zero attached hydrogens (tertiary/aromatic N) is 3. The summed E-state index contributed by atoms with van der Waals surface area (Å²) in [7, 11) is 1.63. The average Bonchev–Trinajstić information content (AvgIpc) is 3.26. The van der Waals surface area contributed by atoms with Crippen molar-refractivity contribution in [3.8, 4) is 17.2 Å². The number of likely N-dealkylation sites (tertiary alicyclic amines) is 1. The zero-order valence-electron chi connectivity index (χ0n) is 24.1. The molecule has 0 bridgehead atoms. The van der Waals surface area contributed by atoms with Crippen molar-refractivity contribution < 1.29 is 23.5 Å². The summed E-state index contributed by atoms with van der Waals surface area (Å²) in [5.74, 6) is -0.737. The van der Waals surface area contributed by atoms with Gasteiger partial charge in [-0.05, 0) is 75.3 Å². The summed E-state index contributed by atoms with van der Waals surface area (Å²) in [5.41, 5.74) is 3.35. The second-order valence-corrected chi connectivity index (χ2v) is 11.3. The molecule has 1 saturated heterocycles. The lowest BCUT2D eigenvalue weighted by molar-refractivity contribution is -0.128. The monoisotopic (exact) mass is 562 g/mol. The topological polar surface area (TPSA) is 127 Å².